The van der Waals surface area contributed by atoms with Crippen LogP contribution in [0.1, 0.15) is 54.4 Å². The normalized spacial score (nSPS) is 17.3. The topological polar surface area (TPSA) is 49.3 Å². The largest absolute Gasteiger partial charge is 0.478 e. The molecule has 0 radical (unpaired) electrons. The van der Waals surface area contributed by atoms with Crippen LogP contribution in [-0.4, -0.2) is 17.1 Å². The van der Waals surface area contributed by atoms with Crippen LogP contribution in [0.25, 0.3) is 0 Å². The van der Waals surface area contributed by atoms with E-state index in [2.05, 4.69) is 5.32 Å². The second kappa shape index (κ2) is 6.55. The van der Waals surface area contributed by atoms with Crippen molar-refractivity contribution in [3.8, 4) is 0 Å². The van der Waals surface area contributed by atoms with Crippen LogP contribution in [0.4, 0.5) is 0 Å². The summed E-state index contributed by atoms with van der Waals surface area (Å²) in [6, 6.07) is 7.79. The maximum absolute atomic E-state index is 10.9. The van der Waals surface area contributed by atoms with Crippen molar-refractivity contribution in [2.45, 2.75) is 51.1 Å². The summed E-state index contributed by atoms with van der Waals surface area (Å²) in [5, 5.41) is 12.5. The van der Waals surface area contributed by atoms with E-state index in [1.165, 1.54) is 38.5 Å². The van der Waals surface area contributed by atoms with Gasteiger partial charge in [0.2, 0.25) is 0 Å². The molecule has 0 aliphatic heterocycles. The monoisotopic (exact) mass is 247 g/mol. The Labute approximate surface area is 108 Å². The minimum Gasteiger partial charge on any atom is -0.478 e. The summed E-state index contributed by atoms with van der Waals surface area (Å²) in [4.78, 5) is 10.9. The molecule has 1 aromatic rings. The summed E-state index contributed by atoms with van der Waals surface area (Å²) in [5.41, 5.74) is 1.43. The van der Waals surface area contributed by atoms with Crippen LogP contribution in [0.2, 0.25) is 0 Å². The fourth-order valence-electron chi connectivity index (χ4n) is 2.56. The average molecular weight is 247 g/mol. The fraction of sp³-hybridized carbons (Fsp3) is 0.533. The molecule has 1 aromatic carbocycles. The van der Waals surface area contributed by atoms with Gasteiger partial charge >= 0.3 is 5.97 Å². The van der Waals surface area contributed by atoms with Gasteiger partial charge in [-0.1, -0.05) is 37.8 Å². The number of benzene rings is 1. The van der Waals surface area contributed by atoms with Crippen molar-refractivity contribution in [3.05, 3.63) is 35.4 Å². The van der Waals surface area contributed by atoms with Crippen molar-refractivity contribution in [2.24, 2.45) is 0 Å². The number of aromatic carboxylic acids is 1. The van der Waals surface area contributed by atoms with E-state index in [0.29, 0.717) is 11.6 Å². The van der Waals surface area contributed by atoms with Crippen molar-refractivity contribution in [1.29, 1.82) is 0 Å². The van der Waals surface area contributed by atoms with Gasteiger partial charge in [0.25, 0.3) is 0 Å². The van der Waals surface area contributed by atoms with Crippen LogP contribution in [0, 0.1) is 0 Å². The number of hydrogen-bond acceptors (Lipinski definition) is 2. The number of rotatable bonds is 4. The van der Waals surface area contributed by atoms with Gasteiger partial charge in [0.05, 0.1) is 5.56 Å². The molecule has 3 heteroatoms. The molecule has 0 bridgehead atoms. The molecule has 1 aliphatic carbocycles. The second-order valence-corrected chi connectivity index (χ2v) is 5.07. The zero-order valence-electron chi connectivity index (χ0n) is 10.7. The third-order valence-electron chi connectivity index (χ3n) is 3.62. The van der Waals surface area contributed by atoms with Gasteiger partial charge in [0.1, 0.15) is 0 Å². The second-order valence-electron chi connectivity index (χ2n) is 5.07. The molecule has 0 saturated heterocycles. The van der Waals surface area contributed by atoms with E-state index in [0.717, 1.165) is 12.1 Å². The highest BCUT2D eigenvalue weighted by Crippen LogP contribution is 2.17. The Morgan fingerprint density at radius 2 is 1.94 bits per heavy atom. The molecule has 0 atom stereocenters. The lowest BCUT2D eigenvalue weighted by molar-refractivity contribution is 0.0696. The molecule has 2 rings (SSSR count). The molecule has 98 valence electrons. The van der Waals surface area contributed by atoms with Gasteiger partial charge < -0.3 is 10.4 Å². The minimum absolute atomic E-state index is 0.371. The van der Waals surface area contributed by atoms with E-state index in [1.807, 2.05) is 12.1 Å². The molecule has 0 amide bonds. The summed E-state index contributed by atoms with van der Waals surface area (Å²) >= 11 is 0. The van der Waals surface area contributed by atoms with Gasteiger partial charge in [-0.25, -0.2) is 4.79 Å². The van der Waals surface area contributed by atoms with E-state index in [1.54, 1.807) is 12.1 Å². The van der Waals surface area contributed by atoms with Gasteiger partial charge in [0.15, 0.2) is 0 Å². The maximum Gasteiger partial charge on any atom is 0.335 e. The highest BCUT2D eigenvalue weighted by atomic mass is 16.4. The molecule has 1 aliphatic rings. The molecular weight excluding hydrogens is 226 g/mol. The minimum atomic E-state index is -0.855. The first-order valence-corrected chi connectivity index (χ1v) is 6.81. The van der Waals surface area contributed by atoms with Crippen LogP contribution < -0.4 is 5.32 Å². The zero-order valence-corrected chi connectivity index (χ0v) is 10.7. The summed E-state index contributed by atoms with van der Waals surface area (Å²) < 4.78 is 0. The van der Waals surface area contributed by atoms with Crippen LogP contribution in [-0.2, 0) is 6.54 Å². The van der Waals surface area contributed by atoms with Crippen molar-refractivity contribution < 1.29 is 9.90 Å². The lowest BCUT2D eigenvalue weighted by Gasteiger charge is -2.16. The third-order valence-corrected chi connectivity index (χ3v) is 3.62. The highest BCUT2D eigenvalue weighted by molar-refractivity contribution is 5.87. The molecule has 2 N–H and O–H groups in total. The lowest BCUT2D eigenvalue weighted by atomic mass is 10.1. The van der Waals surface area contributed by atoms with Crippen molar-refractivity contribution in [2.75, 3.05) is 0 Å². The smallest absolute Gasteiger partial charge is 0.335 e. The van der Waals surface area contributed by atoms with E-state index < -0.39 is 5.97 Å². The molecule has 0 heterocycles. The van der Waals surface area contributed by atoms with Crippen molar-refractivity contribution in [3.63, 3.8) is 0 Å². The number of nitrogens with one attached hydrogen (secondary N) is 1. The summed E-state index contributed by atoms with van der Waals surface area (Å²) in [7, 11) is 0. The molecule has 0 unspecified atom stereocenters. The fourth-order valence-corrected chi connectivity index (χ4v) is 2.56. The van der Waals surface area contributed by atoms with Crippen molar-refractivity contribution >= 4 is 5.97 Å². The Hall–Kier alpha value is -1.35. The van der Waals surface area contributed by atoms with Gasteiger partial charge in [-0.3, -0.25) is 0 Å². The Bertz CT molecular complexity index is 395. The molecule has 3 nitrogen and oxygen atoms in total. The summed E-state index contributed by atoms with van der Waals surface area (Å²) in [6.45, 7) is 0.770. The molecule has 0 spiro atoms. The SMILES string of the molecule is O=C(O)c1cccc(CNC2CCCCCC2)c1. The Kier molecular flexibility index (Phi) is 4.76. The molecule has 1 saturated carbocycles. The number of carboxylic acids is 1. The van der Waals surface area contributed by atoms with Gasteiger partial charge in [0, 0.05) is 12.6 Å². The lowest BCUT2D eigenvalue weighted by Crippen LogP contribution is -2.27. The average Bonchev–Trinajstić information content (AvgIpc) is 2.65. The van der Waals surface area contributed by atoms with E-state index >= 15 is 0 Å². The van der Waals surface area contributed by atoms with E-state index in [9.17, 15) is 4.79 Å². The summed E-state index contributed by atoms with van der Waals surface area (Å²) in [6.07, 6.45) is 7.83. The summed E-state index contributed by atoms with van der Waals surface area (Å²) in [5.74, 6) is -0.855. The van der Waals surface area contributed by atoms with Crippen molar-refractivity contribution in [1.82, 2.24) is 5.32 Å². The van der Waals surface area contributed by atoms with Crippen LogP contribution in [0.3, 0.4) is 0 Å². The quantitative estimate of drug-likeness (QED) is 0.803. The van der Waals surface area contributed by atoms with E-state index in [4.69, 9.17) is 5.11 Å². The standard InChI is InChI=1S/C15H21NO2/c17-15(18)13-7-5-6-12(10-13)11-16-14-8-3-1-2-4-9-14/h5-7,10,14,16H,1-4,8-9,11H2,(H,17,18). The molecule has 18 heavy (non-hydrogen) atoms. The third kappa shape index (κ3) is 3.84. The van der Waals surface area contributed by atoms with E-state index in [-0.39, 0.29) is 0 Å². The predicted molar refractivity (Wildman–Crippen MR) is 71.7 cm³/mol. The Balaban J connectivity index is 1.88. The maximum atomic E-state index is 10.9. The molecular formula is C15H21NO2. The Morgan fingerprint density at radius 3 is 2.61 bits per heavy atom. The van der Waals surface area contributed by atoms with Crippen LogP contribution in [0.15, 0.2) is 24.3 Å². The van der Waals surface area contributed by atoms with Gasteiger partial charge in [-0.15, -0.1) is 0 Å². The van der Waals surface area contributed by atoms with Gasteiger partial charge in [-0.05, 0) is 30.5 Å². The van der Waals surface area contributed by atoms with Gasteiger partial charge in [-0.2, -0.15) is 0 Å². The molecule has 1 fully saturated rings. The number of carbonyl (C=O) groups is 1. The predicted octanol–water partition coefficient (Wildman–Crippen LogP) is 3.20. The number of hydrogen-bond donors (Lipinski definition) is 2. The first kappa shape index (κ1) is 13.1. The highest BCUT2D eigenvalue weighted by Gasteiger charge is 2.11. The first-order valence-electron chi connectivity index (χ1n) is 6.81. The Morgan fingerprint density at radius 1 is 1.22 bits per heavy atom. The van der Waals surface area contributed by atoms with Crippen LogP contribution in [0.5, 0.6) is 0 Å². The van der Waals surface area contributed by atoms with Crippen LogP contribution >= 0.6 is 0 Å². The number of carboxylic acid groups (broad SMARTS) is 1. The first-order chi connectivity index (χ1) is 8.75. The zero-order chi connectivity index (χ0) is 12.8. The molecule has 0 aromatic heterocycles.